The number of anilines is 1. The number of benzene rings is 3. The molecule has 1 N–H and O–H groups in total. The second kappa shape index (κ2) is 9.34. The average Bonchev–Trinajstić information content (AvgIpc) is 3.16. The van der Waals surface area contributed by atoms with E-state index in [0.29, 0.717) is 16.7 Å². The molecule has 2 heterocycles. The molecule has 5 rings (SSSR count). The van der Waals surface area contributed by atoms with Crippen molar-refractivity contribution in [1.82, 2.24) is 13.7 Å². The Bertz CT molecular complexity index is 1730. The monoisotopic (exact) mass is 480 g/mol. The molecule has 7 heteroatoms. The summed E-state index contributed by atoms with van der Waals surface area (Å²) in [5.74, 6) is -0.332. The lowest BCUT2D eigenvalue weighted by atomic mass is 10.1. The summed E-state index contributed by atoms with van der Waals surface area (Å²) in [6.07, 6.45) is 0.851. The van der Waals surface area contributed by atoms with Gasteiger partial charge < -0.3 is 9.88 Å². The molecule has 7 nitrogen and oxygen atoms in total. The summed E-state index contributed by atoms with van der Waals surface area (Å²) in [4.78, 5) is 40.6. The van der Waals surface area contributed by atoms with Crippen molar-refractivity contribution < 1.29 is 4.79 Å². The van der Waals surface area contributed by atoms with Crippen LogP contribution in [0.4, 0.5) is 5.69 Å². The molecule has 2 aromatic heterocycles. The average molecular weight is 481 g/mol. The van der Waals surface area contributed by atoms with Crippen LogP contribution < -0.4 is 16.6 Å². The first-order valence-corrected chi connectivity index (χ1v) is 12.0. The van der Waals surface area contributed by atoms with E-state index in [1.165, 1.54) is 9.13 Å². The fourth-order valence-corrected chi connectivity index (χ4v) is 4.78. The van der Waals surface area contributed by atoms with Gasteiger partial charge >= 0.3 is 5.69 Å². The first-order valence-electron chi connectivity index (χ1n) is 12.0. The van der Waals surface area contributed by atoms with Crippen molar-refractivity contribution in [2.75, 3.05) is 5.32 Å². The fourth-order valence-electron chi connectivity index (χ4n) is 4.78. The van der Waals surface area contributed by atoms with Gasteiger partial charge in [0.15, 0.2) is 0 Å². The Morgan fingerprint density at radius 2 is 1.61 bits per heavy atom. The van der Waals surface area contributed by atoms with Gasteiger partial charge in [0, 0.05) is 18.1 Å². The van der Waals surface area contributed by atoms with Gasteiger partial charge in [-0.05, 0) is 48.7 Å². The van der Waals surface area contributed by atoms with Crippen LogP contribution in [0.25, 0.3) is 21.9 Å². The van der Waals surface area contributed by atoms with Gasteiger partial charge in [0.05, 0.1) is 17.6 Å². The smallest absolute Gasteiger partial charge is 0.332 e. The molecule has 0 radical (unpaired) electrons. The third-order valence-corrected chi connectivity index (χ3v) is 6.61. The summed E-state index contributed by atoms with van der Waals surface area (Å²) in [6.45, 7) is 3.92. The number of nitrogens with one attached hydrogen (secondary N) is 1. The Morgan fingerprint density at radius 1 is 0.861 bits per heavy atom. The molecule has 36 heavy (non-hydrogen) atoms. The molecular weight excluding hydrogens is 452 g/mol. The second-order valence-corrected chi connectivity index (χ2v) is 9.12. The Hall–Kier alpha value is -4.39. The minimum Gasteiger partial charge on any atom is -0.338 e. The van der Waals surface area contributed by atoms with Crippen LogP contribution >= 0.6 is 0 Å². The summed E-state index contributed by atoms with van der Waals surface area (Å²) in [6, 6.07) is 22.9. The van der Waals surface area contributed by atoms with Crippen molar-refractivity contribution in [2.24, 2.45) is 7.05 Å². The van der Waals surface area contributed by atoms with Gasteiger partial charge in [-0.2, -0.15) is 0 Å². The molecular formula is C29H28N4O3. The number of amides is 1. The summed E-state index contributed by atoms with van der Waals surface area (Å²) >= 11 is 0. The van der Waals surface area contributed by atoms with E-state index in [1.54, 1.807) is 0 Å². The molecule has 0 fully saturated rings. The van der Waals surface area contributed by atoms with Crippen molar-refractivity contribution in [3.05, 3.63) is 110 Å². The topological polar surface area (TPSA) is 78.0 Å². The maximum atomic E-state index is 13.8. The third kappa shape index (κ3) is 4.13. The minimum atomic E-state index is -0.511. The van der Waals surface area contributed by atoms with E-state index in [0.717, 1.165) is 34.0 Å². The summed E-state index contributed by atoms with van der Waals surface area (Å²) in [7, 11) is 1.82. The van der Waals surface area contributed by atoms with Crippen molar-refractivity contribution in [1.29, 1.82) is 0 Å². The van der Waals surface area contributed by atoms with Crippen LogP contribution in [-0.4, -0.2) is 19.6 Å². The van der Waals surface area contributed by atoms with Crippen LogP contribution in [0.1, 0.15) is 23.6 Å². The van der Waals surface area contributed by atoms with Crippen molar-refractivity contribution in [3.8, 4) is 0 Å². The number of carbonyl (C=O) groups excluding carboxylic acids is 1. The standard InChI is InChI=1S/C29H28N4O3/c1-4-20-11-8-12-22(16-20)30-25(34)18-32-26-23-15-19(2)13-14-24(23)31(3)27(26)28(35)33(29(32)36)17-21-9-6-5-7-10-21/h5-16H,4,17-18H2,1-3H3,(H,30,34). The molecule has 1 amide bonds. The van der Waals surface area contributed by atoms with E-state index in [1.807, 2.05) is 91.3 Å². The van der Waals surface area contributed by atoms with Gasteiger partial charge in [-0.25, -0.2) is 4.79 Å². The molecule has 0 aliphatic rings. The molecule has 182 valence electrons. The van der Waals surface area contributed by atoms with Crippen molar-refractivity contribution >= 4 is 33.5 Å². The number of hydrogen-bond acceptors (Lipinski definition) is 3. The number of nitrogens with zero attached hydrogens (tertiary/aromatic N) is 3. The van der Waals surface area contributed by atoms with E-state index in [-0.39, 0.29) is 24.6 Å². The van der Waals surface area contributed by atoms with Crippen LogP contribution in [0.15, 0.2) is 82.4 Å². The predicted octanol–water partition coefficient (Wildman–Crippen LogP) is 4.21. The molecule has 0 bridgehead atoms. The van der Waals surface area contributed by atoms with Crippen LogP contribution in [-0.2, 0) is 31.4 Å². The van der Waals surface area contributed by atoms with Gasteiger partial charge in [0.25, 0.3) is 5.56 Å². The van der Waals surface area contributed by atoms with E-state index in [2.05, 4.69) is 12.2 Å². The maximum Gasteiger partial charge on any atom is 0.332 e. The number of rotatable bonds is 6. The predicted molar refractivity (Wildman–Crippen MR) is 144 cm³/mol. The normalized spacial score (nSPS) is 11.3. The lowest BCUT2D eigenvalue weighted by molar-refractivity contribution is -0.116. The first kappa shape index (κ1) is 23.4. The highest BCUT2D eigenvalue weighted by Crippen LogP contribution is 2.26. The maximum absolute atomic E-state index is 13.8. The summed E-state index contributed by atoms with van der Waals surface area (Å²) in [5.41, 5.74) is 4.43. The Kier molecular flexibility index (Phi) is 6.06. The zero-order valence-corrected chi connectivity index (χ0v) is 20.6. The Labute approximate surface area is 208 Å². The molecule has 0 aliphatic carbocycles. The lowest BCUT2D eigenvalue weighted by Gasteiger charge is -2.14. The number of aromatic nitrogens is 3. The van der Waals surface area contributed by atoms with E-state index in [4.69, 9.17) is 0 Å². The number of carbonyl (C=O) groups is 1. The van der Waals surface area contributed by atoms with Gasteiger partial charge in [0.1, 0.15) is 12.1 Å². The number of fused-ring (bicyclic) bond motifs is 3. The van der Waals surface area contributed by atoms with Crippen LogP contribution in [0.5, 0.6) is 0 Å². The van der Waals surface area contributed by atoms with Gasteiger partial charge in [-0.3, -0.25) is 18.7 Å². The Morgan fingerprint density at radius 3 is 2.36 bits per heavy atom. The molecule has 0 spiro atoms. The second-order valence-electron chi connectivity index (χ2n) is 9.12. The Balaban J connectivity index is 1.69. The molecule has 0 atom stereocenters. The van der Waals surface area contributed by atoms with Crippen LogP contribution in [0, 0.1) is 6.92 Å². The quantitative estimate of drug-likeness (QED) is 0.395. The zero-order valence-electron chi connectivity index (χ0n) is 20.6. The molecule has 0 unspecified atom stereocenters. The highest BCUT2D eigenvalue weighted by atomic mass is 16.2. The first-order chi connectivity index (χ1) is 17.4. The minimum absolute atomic E-state index is 0.120. The van der Waals surface area contributed by atoms with E-state index >= 15 is 0 Å². The number of aryl methyl sites for hydroxylation is 3. The summed E-state index contributed by atoms with van der Waals surface area (Å²) in [5, 5.41) is 3.69. The molecule has 0 saturated heterocycles. The van der Waals surface area contributed by atoms with Gasteiger partial charge in [-0.1, -0.05) is 61.0 Å². The molecule has 5 aromatic rings. The largest absolute Gasteiger partial charge is 0.338 e. The van der Waals surface area contributed by atoms with Crippen molar-refractivity contribution in [3.63, 3.8) is 0 Å². The fraction of sp³-hybridized carbons (Fsp3) is 0.207. The highest BCUT2D eigenvalue weighted by Gasteiger charge is 2.22. The number of hydrogen-bond donors (Lipinski definition) is 1. The highest BCUT2D eigenvalue weighted by molar-refractivity contribution is 6.06. The van der Waals surface area contributed by atoms with Crippen molar-refractivity contribution in [2.45, 2.75) is 33.4 Å². The van der Waals surface area contributed by atoms with Gasteiger partial charge in [-0.15, -0.1) is 0 Å². The molecule has 3 aromatic carbocycles. The third-order valence-electron chi connectivity index (χ3n) is 6.61. The SMILES string of the molecule is CCc1cccc(NC(=O)Cn2c(=O)n(Cc3ccccc3)c(=O)c3c2c2cc(C)ccc2n3C)c1. The zero-order chi connectivity index (χ0) is 25.4. The lowest BCUT2D eigenvalue weighted by Crippen LogP contribution is -2.42. The van der Waals surface area contributed by atoms with E-state index < -0.39 is 5.69 Å². The van der Waals surface area contributed by atoms with E-state index in [9.17, 15) is 14.4 Å². The summed E-state index contributed by atoms with van der Waals surface area (Å²) < 4.78 is 4.46. The van der Waals surface area contributed by atoms with Crippen LogP contribution in [0.2, 0.25) is 0 Å². The molecule has 0 saturated carbocycles. The van der Waals surface area contributed by atoms with Crippen LogP contribution in [0.3, 0.4) is 0 Å². The van der Waals surface area contributed by atoms with Gasteiger partial charge in [0.2, 0.25) is 5.91 Å². The molecule has 0 aliphatic heterocycles.